The second-order valence-electron chi connectivity index (χ2n) is 11.3. The van der Waals surface area contributed by atoms with Crippen LogP contribution in [0.15, 0.2) is 41.3 Å². The molecule has 0 aromatic carbocycles. The quantitative estimate of drug-likeness (QED) is 0.355. The topological polar surface area (TPSA) is 113 Å². The molecule has 1 saturated carbocycles. The molecule has 1 spiro atoms. The summed E-state index contributed by atoms with van der Waals surface area (Å²) in [7, 11) is 2.13. The maximum absolute atomic E-state index is 14.0. The Balaban J connectivity index is 1.33. The van der Waals surface area contributed by atoms with Gasteiger partial charge in [0.15, 0.2) is 5.78 Å². The Labute approximate surface area is 241 Å². The number of rotatable bonds is 3. The fourth-order valence-corrected chi connectivity index (χ4v) is 6.71. The summed E-state index contributed by atoms with van der Waals surface area (Å²) in [6.07, 6.45) is 11.9. The van der Waals surface area contributed by atoms with Gasteiger partial charge in [0, 0.05) is 42.1 Å². The zero-order valence-electron chi connectivity index (χ0n) is 22.6. The van der Waals surface area contributed by atoms with Crippen LogP contribution in [0.4, 0.5) is 5.82 Å². The number of anilines is 1. The molecule has 40 heavy (non-hydrogen) atoms. The average molecular weight is 607 g/mol. The van der Waals surface area contributed by atoms with Crippen molar-refractivity contribution in [1.82, 2.24) is 29.5 Å². The molecule has 1 aliphatic carbocycles. The summed E-state index contributed by atoms with van der Waals surface area (Å²) in [5.41, 5.74) is 1.64. The van der Waals surface area contributed by atoms with Gasteiger partial charge in [-0.1, -0.05) is 12.2 Å². The fourth-order valence-electron chi connectivity index (χ4n) is 6.40. The summed E-state index contributed by atoms with van der Waals surface area (Å²) in [5, 5.41) is 8.15. The lowest BCUT2D eigenvalue weighted by Crippen LogP contribution is -2.47. The van der Waals surface area contributed by atoms with Gasteiger partial charge in [-0.25, -0.2) is 4.98 Å². The number of piperidine rings is 1. The van der Waals surface area contributed by atoms with Crippen LogP contribution in [0.2, 0.25) is 0 Å². The first kappa shape index (κ1) is 26.8. The first-order valence-electron chi connectivity index (χ1n) is 13.7. The average Bonchev–Trinajstić information content (AvgIpc) is 3.31. The molecule has 5 heterocycles. The molecule has 10 nitrogen and oxygen atoms in total. The van der Waals surface area contributed by atoms with E-state index in [1.54, 1.807) is 23.4 Å². The maximum Gasteiger partial charge on any atom is 0.248 e. The van der Waals surface area contributed by atoms with E-state index in [2.05, 4.69) is 54.3 Å². The molecule has 1 N–H and O–H groups in total. The molecule has 3 aromatic rings. The summed E-state index contributed by atoms with van der Waals surface area (Å²) < 4.78 is 2.16. The van der Waals surface area contributed by atoms with E-state index < -0.39 is 6.04 Å². The third-order valence-electron chi connectivity index (χ3n) is 8.36. The third-order valence-corrected chi connectivity index (χ3v) is 8.80. The van der Waals surface area contributed by atoms with Gasteiger partial charge in [0.2, 0.25) is 11.8 Å². The van der Waals surface area contributed by atoms with Gasteiger partial charge in [0.25, 0.3) is 0 Å². The first-order chi connectivity index (χ1) is 19.3. The lowest BCUT2D eigenvalue weighted by molar-refractivity contribution is -0.138. The number of carbonyl (C=O) groups is 3. The second kappa shape index (κ2) is 10.5. The summed E-state index contributed by atoms with van der Waals surface area (Å²) in [6, 6.07) is 4.87. The molecule has 11 heteroatoms. The van der Waals surface area contributed by atoms with Gasteiger partial charge in [-0.2, -0.15) is 5.10 Å². The van der Waals surface area contributed by atoms with Crippen molar-refractivity contribution in [2.24, 2.45) is 5.41 Å². The SMILES string of the molecule is CC(=O)c1nn(CC(=O)N2[C@H]3C[C@]4(C[C@@H]24)CN(C)CCCCC=Cc2ccc(Br)nc2NC3=O)c2cnccc12. The summed E-state index contributed by atoms with van der Waals surface area (Å²) in [4.78, 5) is 52.8. The molecular formula is C29H32BrN7O3. The number of hydrogen-bond acceptors (Lipinski definition) is 7. The Morgan fingerprint density at radius 2 is 2.05 bits per heavy atom. The minimum atomic E-state index is -0.630. The molecule has 2 fully saturated rings. The number of nitrogens with one attached hydrogen (secondary N) is 1. The molecule has 1 saturated heterocycles. The number of fused-ring (bicyclic) bond motifs is 3. The van der Waals surface area contributed by atoms with Crippen molar-refractivity contribution in [3.63, 3.8) is 0 Å². The zero-order valence-corrected chi connectivity index (χ0v) is 24.2. The van der Waals surface area contributed by atoms with Crippen LogP contribution in [0.1, 0.15) is 55.1 Å². The van der Waals surface area contributed by atoms with Crippen LogP contribution in [0, 0.1) is 5.41 Å². The lowest BCUT2D eigenvalue weighted by atomic mass is 9.98. The smallest absolute Gasteiger partial charge is 0.248 e. The normalized spacial score (nSPS) is 25.1. The number of amides is 2. The number of Topliss-reactive ketones (excluding diaryl/α,β-unsaturated/α-hetero) is 1. The molecule has 3 aromatic heterocycles. The van der Waals surface area contributed by atoms with Gasteiger partial charge < -0.3 is 15.1 Å². The highest BCUT2D eigenvalue weighted by atomic mass is 79.9. The summed E-state index contributed by atoms with van der Waals surface area (Å²) in [5.74, 6) is -0.141. The van der Waals surface area contributed by atoms with Crippen LogP contribution in [0.25, 0.3) is 17.0 Å². The molecule has 0 radical (unpaired) electrons. The van der Waals surface area contributed by atoms with E-state index in [4.69, 9.17) is 0 Å². The van der Waals surface area contributed by atoms with Gasteiger partial charge in [0.1, 0.15) is 28.7 Å². The maximum atomic E-state index is 14.0. The minimum absolute atomic E-state index is 0.0202. The highest BCUT2D eigenvalue weighted by Gasteiger charge is 2.67. The van der Waals surface area contributed by atoms with E-state index in [-0.39, 0.29) is 35.6 Å². The van der Waals surface area contributed by atoms with Gasteiger partial charge in [-0.15, -0.1) is 0 Å². The minimum Gasteiger partial charge on any atom is -0.325 e. The first-order valence-corrected chi connectivity index (χ1v) is 14.5. The van der Waals surface area contributed by atoms with Gasteiger partial charge >= 0.3 is 0 Å². The number of pyridine rings is 2. The third kappa shape index (κ3) is 4.96. The summed E-state index contributed by atoms with van der Waals surface area (Å²) in [6.45, 7) is 3.19. The van der Waals surface area contributed by atoms with E-state index in [1.807, 2.05) is 18.2 Å². The van der Waals surface area contributed by atoms with Crippen molar-refractivity contribution in [3.05, 3.63) is 52.5 Å². The molecule has 2 aliphatic heterocycles. The standard InChI is InChI=1S/C29H32BrN7O3/c1-18(38)26-20-10-11-31-15-22(20)36(34-26)16-25(39)37-21-13-29(14-23(29)37)17-35(2)12-6-4-3-5-7-19-8-9-24(30)32-27(19)33-28(21)40/h5,7-11,15,21,23H,3-4,6,12-14,16-17H2,1-2H3,(H,32,33,40)/t21-,23+,29-/m0/s1. The Morgan fingerprint density at radius 1 is 1.20 bits per heavy atom. The van der Waals surface area contributed by atoms with Crippen molar-refractivity contribution in [1.29, 1.82) is 0 Å². The Morgan fingerprint density at radius 3 is 2.88 bits per heavy atom. The second-order valence-corrected chi connectivity index (χ2v) is 12.1. The van der Waals surface area contributed by atoms with Crippen molar-refractivity contribution in [2.75, 3.05) is 25.5 Å². The van der Waals surface area contributed by atoms with E-state index in [9.17, 15) is 14.4 Å². The van der Waals surface area contributed by atoms with Crippen LogP contribution in [0.5, 0.6) is 0 Å². The highest BCUT2D eigenvalue weighted by molar-refractivity contribution is 9.10. The number of likely N-dealkylation sites (tertiary alicyclic amines) is 1. The van der Waals surface area contributed by atoms with Crippen LogP contribution >= 0.6 is 15.9 Å². The van der Waals surface area contributed by atoms with Crippen LogP contribution in [0.3, 0.4) is 0 Å². The zero-order chi connectivity index (χ0) is 28.0. The van der Waals surface area contributed by atoms with Gasteiger partial charge in [-0.05, 0) is 79.8 Å². The van der Waals surface area contributed by atoms with E-state index in [1.165, 1.54) is 11.6 Å². The van der Waals surface area contributed by atoms with Crippen molar-refractivity contribution >= 4 is 56.3 Å². The van der Waals surface area contributed by atoms with Gasteiger partial charge in [-0.3, -0.25) is 24.0 Å². The van der Waals surface area contributed by atoms with Crippen molar-refractivity contribution in [2.45, 2.75) is 57.7 Å². The molecule has 2 amide bonds. The largest absolute Gasteiger partial charge is 0.325 e. The number of ketones is 1. The Hall–Kier alpha value is -3.44. The number of nitrogens with zero attached hydrogens (tertiary/aromatic N) is 6. The molecular weight excluding hydrogens is 574 g/mol. The van der Waals surface area contributed by atoms with Gasteiger partial charge in [0.05, 0.1) is 11.7 Å². The number of aromatic nitrogens is 4. The van der Waals surface area contributed by atoms with E-state index >= 15 is 0 Å². The van der Waals surface area contributed by atoms with Crippen LogP contribution in [-0.2, 0) is 16.1 Å². The Kier molecular flexibility index (Phi) is 7.03. The molecule has 3 atom stereocenters. The summed E-state index contributed by atoms with van der Waals surface area (Å²) >= 11 is 3.42. The molecule has 2 bridgehead atoms. The predicted molar refractivity (Wildman–Crippen MR) is 155 cm³/mol. The van der Waals surface area contributed by atoms with E-state index in [0.29, 0.717) is 33.4 Å². The van der Waals surface area contributed by atoms with Crippen LogP contribution in [-0.4, -0.2) is 79.4 Å². The number of allylic oxidation sites excluding steroid dienone is 1. The molecule has 6 rings (SSSR count). The number of hydrogen-bond donors (Lipinski definition) is 1. The molecule has 208 valence electrons. The fraction of sp³-hybridized carbons (Fsp3) is 0.448. The van der Waals surface area contributed by atoms with E-state index in [0.717, 1.165) is 44.3 Å². The predicted octanol–water partition coefficient (Wildman–Crippen LogP) is 3.92. The monoisotopic (exact) mass is 605 g/mol. The molecule has 0 unspecified atom stereocenters. The highest BCUT2D eigenvalue weighted by Crippen LogP contribution is 2.60. The lowest BCUT2D eigenvalue weighted by Gasteiger charge is -2.27. The molecule has 3 aliphatic rings. The Bertz CT molecular complexity index is 1540. The number of carbonyl (C=O) groups excluding carboxylic acids is 3. The van der Waals surface area contributed by atoms with Crippen LogP contribution < -0.4 is 5.32 Å². The number of halogens is 1. The van der Waals surface area contributed by atoms with Crippen molar-refractivity contribution < 1.29 is 14.4 Å². The van der Waals surface area contributed by atoms with Crippen molar-refractivity contribution in [3.8, 4) is 0 Å².